The number of hydrogen-bond donors (Lipinski definition) is 1. The van der Waals surface area contributed by atoms with Gasteiger partial charge in [0.2, 0.25) is 0 Å². The number of nitrogens with zero attached hydrogens (tertiary/aromatic N) is 3. The molecule has 2 amide bonds. The third-order valence-corrected chi connectivity index (χ3v) is 5.26. The molecule has 5 nitrogen and oxygen atoms in total. The molecule has 0 aromatic carbocycles. The molecule has 0 aliphatic carbocycles. The van der Waals surface area contributed by atoms with Crippen LogP contribution in [0.4, 0.5) is 4.79 Å². The number of carbonyl (C=O) groups is 1. The van der Waals surface area contributed by atoms with Crippen LogP contribution in [-0.4, -0.2) is 79.6 Å². The van der Waals surface area contributed by atoms with Crippen LogP contribution in [0.15, 0.2) is 0 Å². The number of nitrogens with one attached hydrogen (secondary N) is 1. The first-order valence-electron chi connectivity index (χ1n) is 10.4. The number of amides is 2. The lowest BCUT2D eigenvalue weighted by atomic mass is 9.99. The lowest BCUT2D eigenvalue weighted by Crippen LogP contribution is -2.46. The van der Waals surface area contributed by atoms with Gasteiger partial charge >= 0.3 is 6.03 Å². The van der Waals surface area contributed by atoms with E-state index in [-0.39, 0.29) is 6.03 Å². The van der Waals surface area contributed by atoms with Crippen molar-refractivity contribution in [3.63, 3.8) is 0 Å². The predicted octanol–water partition coefficient (Wildman–Crippen LogP) is 3.12. The summed E-state index contributed by atoms with van der Waals surface area (Å²) in [6, 6.07) is 0.105. The van der Waals surface area contributed by atoms with E-state index < -0.39 is 0 Å². The second kappa shape index (κ2) is 12.5. The van der Waals surface area contributed by atoms with Gasteiger partial charge in [0.15, 0.2) is 0 Å². The molecule has 0 aromatic rings. The summed E-state index contributed by atoms with van der Waals surface area (Å²) in [5.74, 6) is 1.38. The first kappa shape index (κ1) is 22.2. The zero-order valence-electron chi connectivity index (χ0n) is 17.4. The maximum atomic E-state index is 12.5. The average Bonchev–Trinajstić information content (AvgIpc) is 2.59. The molecule has 0 radical (unpaired) electrons. The van der Waals surface area contributed by atoms with Crippen LogP contribution < -0.4 is 5.32 Å². The van der Waals surface area contributed by atoms with E-state index in [2.05, 4.69) is 49.7 Å². The fourth-order valence-corrected chi connectivity index (χ4v) is 3.41. The fourth-order valence-electron chi connectivity index (χ4n) is 3.41. The molecule has 5 heteroatoms. The van der Waals surface area contributed by atoms with Crippen LogP contribution in [-0.2, 0) is 0 Å². The van der Waals surface area contributed by atoms with Crippen molar-refractivity contribution in [3.8, 4) is 0 Å². The molecule has 0 unspecified atom stereocenters. The summed E-state index contributed by atoms with van der Waals surface area (Å²) in [7, 11) is 0. The average molecular weight is 355 g/mol. The zero-order valence-corrected chi connectivity index (χ0v) is 17.4. The Morgan fingerprint density at radius 1 is 1.16 bits per heavy atom. The molecule has 0 spiro atoms. The van der Waals surface area contributed by atoms with E-state index in [0.717, 1.165) is 58.2 Å². The summed E-state index contributed by atoms with van der Waals surface area (Å²) < 4.78 is 0. The van der Waals surface area contributed by atoms with Gasteiger partial charge in [-0.25, -0.2) is 4.79 Å². The van der Waals surface area contributed by atoms with Crippen molar-refractivity contribution < 1.29 is 4.79 Å². The molecule has 1 saturated heterocycles. The lowest BCUT2D eigenvalue weighted by molar-refractivity contribution is 0.174. The molecule has 25 heavy (non-hydrogen) atoms. The monoisotopic (exact) mass is 354 g/mol. The highest BCUT2D eigenvalue weighted by Crippen LogP contribution is 2.15. The maximum absolute atomic E-state index is 12.5. The second-order valence-corrected chi connectivity index (χ2v) is 7.98. The minimum atomic E-state index is 0.105. The van der Waals surface area contributed by atoms with Crippen LogP contribution in [0, 0.1) is 11.8 Å². The molecule has 0 atom stereocenters. The van der Waals surface area contributed by atoms with E-state index in [9.17, 15) is 4.79 Å². The van der Waals surface area contributed by atoms with Gasteiger partial charge in [-0.05, 0) is 63.8 Å². The third-order valence-electron chi connectivity index (χ3n) is 5.26. The molecule has 1 N–H and O–H groups in total. The number of carbonyl (C=O) groups excluding carboxylic acids is 1. The van der Waals surface area contributed by atoms with Gasteiger partial charge < -0.3 is 20.0 Å². The van der Waals surface area contributed by atoms with Gasteiger partial charge in [-0.3, -0.25) is 0 Å². The number of rotatable bonds is 11. The van der Waals surface area contributed by atoms with E-state index in [1.54, 1.807) is 0 Å². The Morgan fingerprint density at radius 3 is 2.36 bits per heavy atom. The lowest BCUT2D eigenvalue weighted by Gasteiger charge is -2.30. The first-order chi connectivity index (χ1) is 12.0. The Hall–Kier alpha value is -0.810. The van der Waals surface area contributed by atoms with Gasteiger partial charge in [0.25, 0.3) is 0 Å². The van der Waals surface area contributed by atoms with Crippen molar-refractivity contribution >= 4 is 6.03 Å². The molecule has 0 bridgehead atoms. The fraction of sp³-hybridized carbons (Fsp3) is 0.950. The summed E-state index contributed by atoms with van der Waals surface area (Å²) >= 11 is 0. The summed E-state index contributed by atoms with van der Waals surface area (Å²) in [6.07, 6.45) is 3.69. The van der Waals surface area contributed by atoms with Crippen molar-refractivity contribution in [2.45, 2.75) is 53.9 Å². The highest BCUT2D eigenvalue weighted by Gasteiger charge is 2.17. The van der Waals surface area contributed by atoms with Crippen LogP contribution in [0.3, 0.4) is 0 Å². The minimum absolute atomic E-state index is 0.105. The molecular weight excluding hydrogens is 312 g/mol. The highest BCUT2D eigenvalue weighted by atomic mass is 16.2. The Balaban J connectivity index is 2.28. The van der Waals surface area contributed by atoms with E-state index in [1.807, 2.05) is 4.90 Å². The normalized spacial score (nSPS) is 16.6. The Morgan fingerprint density at radius 2 is 1.80 bits per heavy atom. The molecule has 1 aliphatic heterocycles. The van der Waals surface area contributed by atoms with Gasteiger partial charge in [0.05, 0.1) is 0 Å². The van der Waals surface area contributed by atoms with E-state index in [1.165, 1.54) is 25.9 Å². The molecule has 0 saturated carbocycles. The van der Waals surface area contributed by atoms with Gasteiger partial charge in [-0.15, -0.1) is 0 Å². The molecule has 1 rings (SSSR count). The predicted molar refractivity (Wildman–Crippen MR) is 107 cm³/mol. The van der Waals surface area contributed by atoms with Crippen molar-refractivity contribution in [2.24, 2.45) is 11.8 Å². The largest absolute Gasteiger partial charge is 0.338 e. The second-order valence-electron chi connectivity index (χ2n) is 7.98. The van der Waals surface area contributed by atoms with Crippen LogP contribution in [0.2, 0.25) is 0 Å². The van der Waals surface area contributed by atoms with Gasteiger partial charge in [-0.2, -0.15) is 0 Å². The van der Waals surface area contributed by atoms with Crippen molar-refractivity contribution in [3.05, 3.63) is 0 Å². The number of piperidine rings is 1. The molecule has 1 heterocycles. The molecule has 1 aliphatic rings. The topological polar surface area (TPSA) is 38.8 Å². The van der Waals surface area contributed by atoms with Crippen molar-refractivity contribution in [2.75, 3.05) is 58.9 Å². The summed E-state index contributed by atoms with van der Waals surface area (Å²) in [5, 5.41) is 3.14. The number of urea groups is 1. The molecular formula is C20H42N4O. The van der Waals surface area contributed by atoms with E-state index in [4.69, 9.17) is 0 Å². The van der Waals surface area contributed by atoms with Gasteiger partial charge in [-0.1, -0.05) is 34.6 Å². The zero-order chi connectivity index (χ0) is 18.7. The summed E-state index contributed by atoms with van der Waals surface area (Å²) in [4.78, 5) is 19.4. The van der Waals surface area contributed by atoms with Crippen LogP contribution in [0.25, 0.3) is 0 Å². The highest BCUT2D eigenvalue weighted by molar-refractivity contribution is 5.74. The number of hydrogen-bond acceptors (Lipinski definition) is 3. The first-order valence-corrected chi connectivity index (χ1v) is 10.4. The summed E-state index contributed by atoms with van der Waals surface area (Å²) in [5.41, 5.74) is 0. The molecule has 1 fully saturated rings. The van der Waals surface area contributed by atoms with Crippen LogP contribution in [0.5, 0.6) is 0 Å². The Kier molecular flexibility index (Phi) is 11.1. The third kappa shape index (κ3) is 9.45. The number of likely N-dealkylation sites (N-methyl/N-ethyl adjacent to an activating group) is 1. The van der Waals surface area contributed by atoms with Gasteiger partial charge in [0, 0.05) is 26.2 Å². The smallest absolute Gasteiger partial charge is 0.317 e. The van der Waals surface area contributed by atoms with Crippen molar-refractivity contribution in [1.29, 1.82) is 0 Å². The Labute approximate surface area is 156 Å². The summed E-state index contributed by atoms with van der Waals surface area (Å²) in [6.45, 7) is 20.1. The molecule has 0 aromatic heterocycles. The van der Waals surface area contributed by atoms with Crippen LogP contribution in [0.1, 0.15) is 53.9 Å². The molecule has 148 valence electrons. The maximum Gasteiger partial charge on any atom is 0.317 e. The SMILES string of the molecule is CCN(CC)CCN(CC(C)C)C(=O)NCCCN1CCC(C)CC1. The minimum Gasteiger partial charge on any atom is -0.338 e. The van der Waals surface area contributed by atoms with Crippen LogP contribution >= 0.6 is 0 Å². The quantitative estimate of drug-likeness (QED) is 0.580. The standard InChI is InChI=1S/C20H42N4O/c1-6-22(7-2)15-16-24(17-18(3)4)20(25)21-11-8-12-23-13-9-19(5)10-14-23/h18-19H,6-17H2,1-5H3,(H,21,25). The van der Waals surface area contributed by atoms with Crippen molar-refractivity contribution in [1.82, 2.24) is 20.0 Å². The van der Waals surface area contributed by atoms with E-state index in [0.29, 0.717) is 5.92 Å². The van der Waals surface area contributed by atoms with E-state index >= 15 is 0 Å². The van der Waals surface area contributed by atoms with Gasteiger partial charge in [0.1, 0.15) is 0 Å². The Bertz CT molecular complexity index is 350. The number of likely N-dealkylation sites (tertiary alicyclic amines) is 1.